The van der Waals surface area contributed by atoms with Crippen LogP contribution in [0.15, 0.2) is 66.7 Å². The number of pyridine rings is 1. The summed E-state index contributed by atoms with van der Waals surface area (Å²) in [5.41, 5.74) is 4.39. The SMILES string of the molecule is CCC(CC)C(=O)Nc1cccc(-c2cccc(-c3ccccc3OC)n2)c1. The molecule has 1 N–H and O–H groups in total. The van der Waals surface area contributed by atoms with Gasteiger partial charge in [0.1, 0.15) is 5.75 Å². The number of ether oxygens (including phenoxy) is 1. The van der Waals surface area contributed by atoms with Gasteiger partial charge in [0.05, 0.1) is 18.5 Å². The van der Waals surface area contributed by atoms with Crippen LogP contribution in [-0.4, -0.2) is 18.0 Å². The van der Waals surface area contributed by atoms with Crippen LogP contribution in [0.2, 0.25) is 0 Å². The molecule has 0 spiro atoms. The molecule has 144 valence electrons. The smallest absolute Gasteiger partial charge is 0.227 e. The van der Waals surface area contributed by atoms with Crippen LogP contribution in [0.3, 0.4) is 0 Å². The lowest BCUT2D eigenvalue weighted by atomic mass is 10.0. The second-order valence-electron chi connectivity index (χ2n) is 6.69. The van der Waals surface area contributed by atoms with E-state index >= 15 is 0 Å². The third-order valence-corrected chi connectivity index (χ3v) is 4.91. The van der Waals surface area contributed by atoms with Gasteiger partial charge in [-0.05, 0) is 49.2 Å². The number of rotatable bonds is 7. The number of carbonyl (C=O) groups is 1. The van der Waals surface area contributed by atoms with E-state index in [1.165, 1.54) is 0 Å². The maximum absolute atomic E-state index is 12.4. The fourth-order valence-electron chi connectivity index (χ4n) is 3.26. The van der Waals surface area contributed by atoms with Crippen molar-refractivity contribution in [3.63, 3.8) is 0 Å². The Morgan fingerprint density at radius 1 is 0.964 bits per heavy atom. The standard InChI is InChI=1S/C24H26N2O2/c1-4-17(5-2)24(27)25-19-11-8-10-18(16-19)21-13-9-14-22(26-21)20-12-6-7-15-23(20)28-3/h6-17H,4-5H2,1-3H3,(H,25,27). The molecule has 0 aliphatic carbocycles. The Hall–Kier alpha value is -3.14. The first-order chi connectivity index (χ1) is 13.7. The molecule has 0 atom stereocenters. The molecule has 0 radical (unpaired) electrons. The van der Waals surface area contributed by atoms with Crippen LogP contribution < -0.4 is 10.1 Å². The zero-order valence-corrected chi connectivity index (χ0v) is 16.6. The van der Waals surface area contributed by atoms with Crippen molar-refractivity contribution in [2.75, 3.05) is 12.4 Å². The number of nitrogens with one attached hydrogen (secondary N) is 1. The molecule has 0 bridgehead atoms. The fraction of sp³-hybridized carbons (Fsp3) is 0.250. The van der Waals surface area contributed by atoms with Crippen LogP contribution in [-0.2, 0) is 4.79 Å². The van der Waals surface area contributed by atoms with Crippen LogP contribution >= 0.6 is 0 Å². The highest BCUT2D eigenvalue weighted by Gasteiger charge is 2.14. The Morgan fingerprint density at radius 2 is 1.68 bits per heavy atom. The highest BCUT2D eigenvalue weighted by molar-refractivity contribution is 5.93. The maximum atomic E-state index is 12.4. The second kappa shape index (κ2) is 9.18. The number of benzene rings is 2. The Bertz CT molecular complexity index is 949. The molecular formula is C24H26N2O2. The second-order valence-corrected chi connectivity index (χ2v) is 6.69. The molecule has 3 aromatic rings. The summed E-state index contributed by atoms with van der Waals surface area (Å²) in [6.45, 7) is 4.08. The number of methoxy groups -OCH3 is 1. The van der Waals surface area contributed by atoms with Gasteiger partial charge in [0.15, 0.2) is 0 Å². The number of para-hydroxylation sites is 1. The summed E-state index contributed by atoms with van der Waals surface area (Å²) in [6.07, 6.45) is 1.68. The molecule has 4 nitrogen and oxygen atoms in total. The highest BCUT2D eigenvalue weighted by Crippen LogP contribution is 2.30. The van der Waals surface area contributed by atoms with E-state index in [4.69, 9.17) is 9.72 Å². The van der Waals surface area contributed by atoms with Crippen molar-refractivity contribution in [3.05, 3.63) is 66.7 Å². The third-order valence-electron chi connectivity index (χ3n) is 4.91. The van der Waals surface area contributed by atoms with E-state index in [0.29, 0.717) is 0 Å². The molecule has 1 heterocycles. The number of nitrogens with zero attached hydrogens (tertiary/aromatic N) is 1. The van der Waals surface area contributed by atoms with E-state index in [-0.39, 0.29) is 11.8 Å². The minimum atomic E-state index is 0.0376. The highest BCUT2D eigenvalue weighted by atomic mass is 16.5. The van der Waals surface area contributed by atoms with Gasteiger partial charge >= 0.3 is 0 Å². The minimum absolute atomic E-state index is 0.0376. The summed E-state index contributed by atoms with van der Waals surface area (Å²) in [5, 5.41) is 3.03. The summed E-state index contributed by atoms with van der Waals surface area (Å²) in [5.74, 6) is 0.895. The zero-order chi connectivity index (χ0) is 19.9. The molecule has 0 saturated heterocycles. The summed E-state index contributed by atoms with van der Waals surface area (Å²) in [6, 6.07) is 21.6. The number of hydrogen-bond acceptors (Lipinski definition) is 3. The van der Waals surface area contributed by atoms with E-state index in [0.717, 1.165) is 46.8 Å². The first-order valence-electron chi connectivity index (χ1n) is 9.68. The van der Waals surface area contributed by atoms with Gasteiger partial charge in [-0.1, -0.05) is 44.2 Å². The number of amides is 1. The normalized spacial score (nSPS) is 10.7. The number of carbonyl (C=O) groups excluding carboxylic acids is 1. The van der Waals surface area contributed by atoms with Gasteiger partial charge < -0.3 is 10.1 Å². The first kappa shape index (κ1) is 19.6. The van der Waals surface area contributed by atoms with Crippen LogP contribution in [0.25, 0.3) is 22.5 Å². The lowest BCUT2D eigenvalue weighted by molar-refractivity contribution is -0.120. The largest absolute Gasteiger partial charge is 0.496 e. The minimum Gasteiger partial charge on any atom is -0.496 e. The number of anilines is 1. The van der Waals surface area contributed by atoms with Crippen LogP contribution in [0, 0.1) is 5.92 Å². The lowest BCUT2D eigenvalue weighted by Gasteiger charge is -2.13. The third kappa shape index (κ3) is 4.39. The van der Waals surface area contributed by atoms with Crippen LogP contribution in [0.5, 0.6) is 5.75 Å². The van der Waals surface area contributed by atoms with Gasteiger partial charge in [0.2, 0.25) is 5.91 Å². The van der Waals surface area contributed by atoms with Crippen LogP contribution in [0.4, 0.5) is 5.69 Å². The molecule has 4 heteroatoms. The van der Waals surface area contributed by atoms with Crippen molar-refractivity contribution < 1.29 is 9.53 Å². The summed E-state index contributed by atoms with van der Waals surface area (Å²) < 4.78 is 5.46. The predicted octanol–water partition coefficient (Wildman–Crippen LogP) is 5.80. The Labute approximate surface area is 166 Å². The topological polar surface area (TPSA) is 51.2 Å². The van der Waals surface area contributed by atoms with Crippen molar-refractivity contribution in [1.82, 2.24) is 4.98 Å². The summed E-state index contributed by atoms with van der Waals surface area (Å²) in [7, 11) is 1.66. The molecule has 2 aromatic carbocycles. The Balaban J connectivity index is 1.90. The van der Waals surface area contributed by atoms with Gasteiger partial charge in [-0.2, -0.15) is 0 Å². The fourth-order valence-corrected chi connectivity index (χ4v) is 3.26. The molecular weight excluding hydrogens is 348 g/mol. The molecule has 1 amide bonds. The van der Waals surface area contributed by atoms with E-state index in [9.17, 15) is 4.79 Å². The molecule has 0 aliphatic heterocycles. The maximum Gasteiger partial charge on any atom is 0.227 e. The molecule has 0 aliphatic rings. The van der Waals surface area contributed by atoms with E-state index in [1.54, 1.807) is 7.11 Å². The number of hydrogen-bond donors (Lipinski definition) is 1. The summed E-state index contributed by atoms with van der Waals surface area (Å²) in [4.78, 5) is 17.2. The van der Waals surface area contributed by atoms with Crippen molar-refractivity contribution >= 4 is 11.6 Å². The van der Waals surface area contributed by atoms with E-state index < -0.39 is 0 Å². The van der Waals surface area contributed by atoms with Crippen molar-refractivity contribution in [3.8, 4) is 28.3 Å². The molecule has 28 heavy (non-hydrogen) atoms. The Kier molecular flexibility index (Phi) is 6.43. The van der Waals surface area contributed by atoms with Crippen molar-refractivity contribution in [2.45, 2.75) is 26.7 Å². The average Bonchev–Trinajstić information content (AvgIpc) is 2.75. The van der Waals surface area contributed by atoms with Gasteiger partial charge in [-0.15, -0.1) is 0 Å². The molecule has 0 fully saturated rings. The van der Waals surface area contributed by atoms with E-state index in [2.05, 4.69) is 5.32 Å². The molecule has 1 aromatic heterocycles. The predicted molar refractivity (Wildman–Crippen MR) is 114 cm³/mol. The average molecular weight is 374 g/mol. The monoisotopic (exact) mass is 374 g/mol. The zero-order valence-electron chi connectivity index (χ0n) is 16.6. The van der Waals surface area contributed by atoms with Gasteiger partial charge in [0, 0.05) is 22.7 Å². The van der Waals surface area contributed by atoms with E-state index in [1.807, 2.05) is 80.6 Å². The van der Waals surface area contributed by atoms with Gasteiger partial charge in [-0.25, -0.2) is 4.98 Å². The van der Waals surface area contributed by atoms with Crippen molar-refractivity contribution in [2.24, 2.45) is 5.92 Å². The lowest BCUT2D eigenvalue weighted by Crippen LogP contribution is -2.21. The first-order valence-corrected chi connectivity index (χ1v) is 9.68. The molecule has 0 saturated carbocycles. The van der Waals surface area contributed by atoms with Gasteiger partial charge in [0.25, 0.3) is 0 Å². The van der Waals surface area contributed by atoms with Crippen LogP contribution in [0.1, 0.15) is 26.7 Å². The quantitative estimate of drug-likeness (QED) is 0.569. The van der Waals surface area contributed by atoms with Gasteiger partial charge in [-0.3, -0.25) is 4.79 Å². The molecule has 0 unspecified atom stereocenters. The summed E-state index contributed by atoms with van der Waals surface area (Å²) >= 11 is 0. The Morgan fingerprint density at radius 3 is 2.43 bits per heavy atom. The molecule has 3 rings (SSSR count). The van der Waals surface area contributed by atoms with Crippen molar-refractivity contribution in [1.29, 1.82) is 0 Å². The number of aromatic nitrogens is 1.